The molecule has 0 aromatic rings. The van der Waals surface area contributed by atoms with Crippen molar-refractivity contribution in [3.63, 3.8) is 0 Å². The molecule has 0 saturated heterocycles. The lowest BCUT2D eigenvalue weighted by molar-refractivity contribution is -0.137. The van der Waals surface area contributed by atoms with Gasteiger partial charge in [-0.1, -0.05) is 6.92 Å². The molecule has 1 aliphatic carbocycles. The zero-order chi connectivity index (χ0) is 16.2. The number of carbonyl (C=O) groups is 2. The Kier molecular flexibility index (Phi) is 6.05. The summed E-state index contributed by atoms with van der Waals surface area (Å²) in [4.78, 5) is 27.0. The third kappa shape index (κ3) is 5.21. The molecular weight excluding hydrogens is 268 g/mol. The molecule has 5 heteroatoms. The summed E-state index contributed by atoms with van der Waals surface area (Å²) >= 11 is 0. The number of amides is 2. The number of carbonyl (C=O) groups excluding carboxylic acids is 1. The fourth-order valence-corrected chi connectivity index (χ4v) is 2.90. The van der Waals surface area contributed by atoms with Crippen LogP contribution in [0.1, 0.15) is 59.8 Å². The summed E-state index contributed by atoms with van der Waals surface area (Å²) < 4.78 is 0. The van der Waals surface area contributed by atoms with E-state index in [0.29, 0.717) is 0 Å². The van der Waals surface area contributed by atoms with E-state index in [1.165, 1.54) is 0 Å². The maximum atomic E-state index is 12.7. The van der Waals surface area contributed by atoms with Crippen LogP contribution in [-0.4, -0.2) is 52.1 Å². The summed E-state index contributed by atoms with van der Waals surface area (Å²) in [6, 6.07) is 0.228. The fraction of sp³-hybridized carbons (Fsp3) is 0.875. The average molecular weight is 298 g/mol. The van der Waals surface area contributed by atoms with E-state index in [1.54, 1.807) is 4.90 Å². The maximum absolute atomic E-state index is 12.7. The van der Waals surface area contributed by atoms with Crippen molar-refractivity contribution in [2.24, 2.45) is 5.92 Å². The minimum absolute atomic E-state index is 0.0153. The quantitative estimate of drug-likeness (QED) is 0.867. The number of carboxylic acid groups (broad SMARTS) is 1. The number of rotatable bonds is 4. The molecule has 0 unspecified atom stereocenters. The Labute approximate surface area is 128 Å². The van der Waals surface area contributed by atoms with Gasteiger partial charge in [0, 0.05) is 25.2 Å². The zero-order valence-corrected chi connectivity index (χ0v) is 14.1. The number of aliphatic carboxylic acids is 1. The van der Waals surface area contributed by atoms with Gasteiger partial charge in [-0.15, -0.1) is 0 Å². The highest BCUT2D eigenvalue weighted by atomic mass is 16.4. The molecule has 1 N–H and O–H groups in total. The van der Waals surface area contributed by atoms with E-state index in [9.17, 15) is 9.59 Å². The van der Waals surface area contributed by atoms with Crippen LogP contribution in [0.25, 0.3) is 0 Å². The Morgan fingerprint density at radius 1 is 1.14 bits per heavy atom. The third-order valence-corrected chi connectivity index (χ3v) is 4.42. The molecule has 1 saturated carbocycles. The Balaban J connectivity index is 2.72. The largest absolute Gasteiger partial charge is 0.481 e. The molecule has 1 aliphatic rings. The highest BCUT2D eigenvalue weighted by molar-refractivity contribution is 5.76. The van der Waals surface area contributed by atoms with Gasteiger partial charge in [0.05, 0.1) is 6.42 Å². The summed E-state index contributed by atoms with van der Waals surface area (Å²) in [7, 11) is 1.85. The topological polar surface area (TPSA) is 60.9 Å². The van der Waals surface area contributed by atoms with Gasteiger partial charge in [0.15, 0.2) is 0 Å². The Morgan fingerprint density at radius 2 is 1.67 bits per heavy atom. The number of urea groups is 1. The van der Waals surface area contributed by atoms with E-state index in [-0.39, 0.29) is 30.6 Å². The number of hydrogen-bond donors (Lipinski definition) is 1. The van der Waals surface area contributed by atoms with Crippen LogP contribution in [0.5, 0.6) is 0 Å². The van der Waals surface area contributed by atoms with Crippen molar-refractivity contribution in [2.75, 3.05) is 13.6 Å². The van der Waals surface area contributed by atoms with E-state index >= 15 is 0 Å². The first-order chi connectivity index (χ1) is 9.62. The molecule has 0 heterocycles. The van der Waals surface area contributed by atoms with Crippen molar-refractivity contribution in [2.45, 2.75) is 71.4 Å². The highest BCUT2D eigenvalue weighted by Crippen LogP contribution is 2.28. The van der Waals surface area contributed by atoms with E-state index in [0.717, 1.165) is 31.6 Å². The second-order valence-electron chi connectivity index (χ2n) is 7.27. The molecule has 0 radical (unpaired) electrons. The molecule has 5 nitrogen and oxygen atoms in total. The predicted octanol–water partition coefficient (Wildman–Crippen LogP) is 3.19. The minimum atomic E-state index is -0.869. The molecule has 122 valence electrons. The second-order valence-corrected chi connectivity index (χ2v) is 7.27. The van der Waals surface area contributed by atoms with Crippen LogP contribution in [0.4, 0.5) is 4.79 Å². The lowest BCUT2D eigenvalue weighted by atomic mass is 9.87. The molecule has 0 aromatic carbocycles. The monoisotopic (exact) mass is 298 g/mol. The van der Waals surface area contributed by atoms with Crippen LogP contribution in [0.3, 0.4) is 0 Å². The van der Waals surface area contributed by atoms with Crippen molar-refractivity contribution in [3.8, 4) is 0 Å². The van der Waals surface area contributed by atoms with Crippen LogP contribution < -0.4 is 0 Å². The standard InChI is InChI=1S/C16H30N2O3/c1-12-6-8-13(9-7-12)17(5)15(21)18(16(2,3)4)11-10-14(19)20/h12-13H,6-11H2,1-5H3,(H,19,20). The van der Waals surface area contributed by atoms with Crippen LogP contribution in [0.2, 0.25) is 0 Å². The normalized spacial score (nSPS) is 22.7. The van der Waals surface area contributed by atoms with Crippen molar-refractivity contribution in [3.05, 3.63) is 0 Å². The molecular formula is C16H30N2O3. The van der Waals surface area contributed by atoms with Crippen LogP contribution in [0.15, 0.2) is 0 Å². The van der Waals surface area contributed by atoms with E-state index in [2.05, 4.69) is 6.92 Å². The molecule has 0 spiro atoms. The maximum Gasteiger partial charge on any atom is 0.320 e. The van der Waals surface area contributed by atoms with Gasteiger partial charge in [0.25, 0.3) is 0 Å². The summed E-state index contributed by atoms with van der Waals surface area (Å²) in [5.74, 6) is -0.123. The van der Waals surface area contributed by atoms with Gasteiger partial charge in [-0.05, 0) is 52.4 Å². The average Bonchev–Trinajstić information content (AvgIpc) is 2.36. The molecule has 0 aliphatic heterocycles. The first-order valence-corrected chi connectivity index (χ1v) is 7.89. The molecule has 0 atom stereocenters. The van der Waals surface area contributed by atoms with Gasteiger partial charge < -0.3 is 14.9 Å². The van der Waals surface area contributed by atoms with Crippen LogP contribution in [-0.2, 0) is 4.79 Å². The zero-order valence-electron chi connectivity index (χ0n) is 14.1. The number of hydrogen-bond acceptors (Lipinski definition) is 2. The van der Waals surface area contributed by atoms with E-state index in [4.69, 9.17) is 5.11 Å². The first-order valence-electron chi connectivity index (χ1n) is 7.89. The third-order valence-electron chi connectivity index (χ3n) is 4.42. The number of carboxylic acids is 1. The predicted molar refractivity (Wildman–Crippen MR) is 83.3 cm³/mol. The van der Waals surface area contributed by atoms with Gasteiger partial charge in [0.2, 0.25) is 0 Å². The SMILES string of the molecule is CC1CCC(N(C)C(=O)N(CCC(=O)O)C(C)(C)C)CC1. The Hall–Kier alpha value is -1.26. The summed E-state index contributed by atoms with van der Waals surface area (Å²) in [6.07, 6.45) is 4.39. The van der Waals surface area contributed by atoms with Crippen molar-refractivity contribution in [1.82, 2.24) is 9.80 Å². The van der Waals surface area contributed by atoms with Gasteiger partial charge in [0.1, 0.15) is 0 Å². The summed E-state index contributed by atoms with van der Waals surface area (Å²) in [6.45, 7) is 8.36. The van der Waals surface area contributed by atoms with Crippen molar-refractivity contribution < 1.29 is 14.7 Å². The highest BCUT2D eigenvalue weighted by Gasteiger charge is 2.32. The first kappa shape index (κ1) is 17.8. The second kappa shape index (κ2) is 7.14. The summed E-state index contributed by atoms with van der Waals surface area (Å²) in [5.41, 5.74) is -0.372. The minimum Gasteiger partial charge on any atom is -0.481 e. The van der Waals surface area contributed by atoms with Crippen molar-refractivity contribution >= 4 is 12.0 Å². The van der Waals surface area contributed by atoms with E-state index in [1.807, 2.05) is 32.7 Å². The molecule has 2 amide bonds. The smallest absolute Gasteiger partial charge is 0.320 e. The van der Waals surface area contributed by atoms with Gasteiger partial charge >= 0.3 is 12.0 Å². The molecule has 1 rings (SSSR count). The summed E-state index contributed by atoms with van der Waals surface area (Å²) in [5, 5.41) is 8.87. The Bertz CT molecular complexity index is 368. The van der Waals surface area contributed by atoms with Crippen molar-refractivity contribution in [1.29, 1.82) is 0 Å². The molecule has 0 bridgehead atoms. The lowest BCUT2D eigenvalue weighted by Gasteiger charge is -2.41. The molecule has 1 fully saturated rings. The van der Waals surface area contributed by atoms with Crippen LogP contribution in [0, 0.1) is 5.92 Å². The molecule has 0 aromatic heterocycles. The number of nitrogens with zero attached hydrogens (tertiary/aromatic N) is 2. The lowest BCUT2D eigenvalue weighted by Crippen LogP contribution is -2.54. The fourth-order valence-electron chi connectivity index (χ4n) is 2.90. The van der Waals surface area contributed by atoms with E-state index < -0.39 is 5.97 Å². The molecule has 21 heavy (non-hydrogen) atoms. The van der Waals surface area contributed by atoms with Crippen LogP contribution >= 0.6 is 0 Å². The van der Waals surface area contributed by atoms with Gasteiger partial charge in [-0.25, -0.2) is 4.79 Å². The van der Waals surface area contributed by atoms with Gasteiger partial charge in [-0.2, -0.15) is 0 Å². The van der Waals surface area contributed by atoms with Gasteiger partial charge in [-0.3, -0.25) is 4.79 Å². The Morgan fingerprint density at radius 3 is 2.10 bits per heavy atom.